The molecule has 7 nitrogen and oxygen atoms in total. The van der Waals surface area contributed by atoms with Crippen molar-refractivity contribution in [1.29, 1.82) is 0 Å². The Bertz CT molecular complexity index is 1660. The van der Waals surface area contributed by atoms with Crippen LogP contribution in [0.4, 0.5) is 5.69 Å². The largest absolute Gasteiger partial charge is 0.494 e. The number of hydrogen-bond acceptors (Lipinski definition) is 5. The summed E-state index contributed by atoms with van der Waals surface area (Å²) in [6, 6.07) is 27.2. The number of nitrogens with zero attached hydrogens (tertiary/aromatic N) is 3. The lowest BCUT2D eigenvalue weighted by Crippen LogP contribution is -2.28. The summed E-state index contributed by atoms with van der Waals surface area (Å²) >= 11 is 0. The fraction of sp³-hybridized carbons (Fsp3) is 0.229. The minimum Gasteiger partial charge on any atom is -0.494 e. The van der Waals surface area contributed by atoms with E-state index >= 15 is 0 Å². The van der Waals surface area contributed by atoms with Gasteiger partial charge >= 0.3 is 0 Å². The van der Waals surface area contributed by atoms with Crippen molar-refractivity contribution in [3.05, 3.63) is 125 Å². The highest BCUT2D eigenvalue weighted by molar-refractivity contribution is 6.22. The number of H-pyrrole nitrogens is 1. The Morgan fingerprint density at radius 3 is 2.38 bits per heavy atom. The molecule has 1 atom stereocenters. The van der Waals surface area contributed by atoms with Crippen LogP contribution < -0.4 is 5.32 Å². The Hall–Kier alpha value is -4.75. The number of carbonyl (C=O) groups excluding carboxylic acids is 1. The van der Waals surface area contributed by atoms with Gasteiger partial charge in [-0.2, -0.15) is 0 Å². The van der Waals surface area contributed by atoms with Crippen LogP contribution in [0.15, 0.2) is 102 Å². The van der Waals surface area contributed by atoms with Gasteiger partial charge in [-0.15, -0.1) is 0 Å². The Balaban J connectivity index is 1.53. The van der Waals surface area contributed by atoms with Crippen molar-refractivity contribution >= 4 is 28.2 Å². The smallest absolute Gasteiger partial charge is 0.251 e. The van der Waals surface area contributed by atoms with E-state index in [9.17, 15) is 9.90 Å². The van der Waals surface area contributed by atoms with Crippen molar-refractivity contribution in [3.63, 3.8) is 0 Å². The van der Waals surface area contributed by atoms with Gasteiger partial charge in [0.1, 0.15) is 0 Å². The number of aromatic nitrogens is 2. The van der Waals surface area contributed by atoms with E-state index in [1.54, 1.807) is 18.5 Å². The molecule has 214 valence electrons. The Kier molecular flexibility index (Phi) is 9.09. The molecule has 0 bridgehead atoms. The molecule has 0 radical (unpaired) electrons. The number of aromatic amines is 1. The van der Waals surface area contributed by atoms with Gasteiger partial charge in [-0.3, -0.25) is 14.7 Å². The van der Waals surface area contributed by atoms with E-state index < -0.39 is 0 Å². The lowest BCUT2D eigenvalue weighted by atomic mass is 10.00. The van der Waals surface area contributed by atoms with Crippen LogP contribution in [-0.4, -0.2) is 44.7 Å². The summed E-state index contributed by atoms with van der Waals surface area (Å²) in [6.07, 6.45) is 4.20. The van der Waals surface area contributed by atoms with E-state index in [1.165, 1.54) is 5.56 Å². The average Bonchev–Trinajstić information content (AvgIpc) is 3.37. The van der Waals surface area contributed by atoms with Gasteiger partial charge in [0.15, 0.2) is 5.88 Å². The summed E-state index contributed by atoms with van der Waals surface area (Å²) < 4.78 is 0. The molecule has 42 heavy (non-hydrogen) atoms. The van der Waals surface area contributed by atoms with Crippen LogP contribution >= 0.6 is 0 Å². The molecule has 1 amide bonds. The molecular weight excluding hydrogens is 522 g/mol. The second-order valence-electron chi connectivity index (χ2n) is 10.3. The van der Waals surface area contributed by atoms with Gasteiger partial charge in [0.25, 0.3) is 5.91 Å². The molecule has 2 aromatic heterocycles. The van der Waals surface area contributed by atoms with Crippen LogP contribution in [0.25, 0.3) is 10.9 Å². The monoisotopic (exact) mass is 559 g/mol. The Morgan fingerprint density at radius 1 is 0.952 bits per heavy atom. The number of aromatic hydroxyl groups is 1. The average molecular weight is 560 g/mol. The van der Waals surface area contributed by atoms with Gasteiger partial charge in [0.05, 0.1) is 23.0 Å². The van der Waals surface area contributed by atoms with E-state index in [0.29, 0.717) is 27.7 Å². The van der Waals surface area contributed by atoms with E-state index in [0.717, 1.165) is 42.9 Å². The second kappa shape index (κ2) is 13.3. The highest BCUT2D eigenvalue weighted by Gasteiger charge is 2.21. The van der Waals surface area contributed by atoms with Gasteiger partial charge in [-0.25, -0.2) is 4.99 Å². The molecule has 0 aliphatic carbocycles. The number of carbonyl (C=O) groups is 1. The van der Waals surface area contributed by atoms with Crippen LogP contribution in [0.5, 0.6) is 5.88 Å². The molecule has 5 aromatic rings. The minimum absolute atomic E-state index is 0.0148. The first-order valence-corrected chi connectivity index (χ1v) is 14.5. The molecule has 0 saturated heterocycles. The lowest BCUT2D eigenvalue weighted by Gasteiger charge is -2.18. The number of rotatable bonds is 11. The summed E-state index contributed by atoms with van der Waals surface area (Å²) in [4.78, 5) is 28.1. The predicted molar refractivity (Wildman–Crippen MR) is 170 cm³/mol. The molecule has 3 N–H and O–H groups in total. The number of aliphatic imine (C=N–C) groups is 1. The molecule has 0 aliphatic heterocycles. The molecule has 2 heterocycles. The fourth-order valence-electron chi connectivity index (χ4n) is 5.18. The molecular formula is C35H37N5O2. The maximum atomic E-state index is 13.4. The van der Waals surface area contributed by atoms with Crippen molar-refractivity contribution in [2.45, 2.75) is 39.8 Å². The number of hydrogen-bond donors (Lipinski definition) is 3. The molecule has 7 heteroatoms. The van der Waals surface area contributed by atoms with Gasteiger partial charge < -0.3 is 15.4 Å². The van der Waals surface area contributed by atoms with E-state index in [2.05, 4.69) is 53.1 Å². The van der Waals surface area contributed by atoms with E-state index in [4.69, 9.17) is 4.99 Å². The van der Waals surface area contributed by atoms with E-state index in [-0.39, 0.29) is 17.8 Å². The van der Waals surface area contributed by atoms with Crippen LogP contribution in [0.1, 0.15) is 65.8 Å². The molecule has 0 fully saturated rings. The van der Waals surface area contributed by atoms with Crippen LogP contribution in [0, 0.1) is 0 Å². The van der Waals surface area contributed by atoms with Gasteiger partial charge in [0, 0.05) is 41.0 Å². The molecule has 0 spiro atoms. The Labute approximate surface area is 247 Å². The number of benzene rings is 3. The molecule has 3 aromatic carbocycles. The SMILES string of the molecule is CCC(NC(=O)c1ccc2[nH]c(O)c(C(=Nc3ccc(CN(CC)CC)cc3)c3cccnc3)c2c1)c1ccccc1. The van der Waals surface area contributed by atoms with Crippen LogP contribution in [0.2, 0.25) is 0 Å². The first-order valence-electron chi connectivity index (χ1n) is 14.5. The van der Waals surface area contributed by atoms with Crippen molar-refractivity contribution in [1.82, 2.24) is 20.2 Å². The van der Waals surface area contributed by atoms with Crippen molar-refractivity contribution in [2.24, 2.45) is 4.99 Å². The van der Waals surface area contributed by atoms with Gasteiger partial charge in [-0.05, 0) is 73.1 Å². The molecule has 1 unspecified atom stereocenters. The zero-order chi connectivity index (χ0) is 29.5. The second-order valence-corrected chi connectivity index (χ2v) is 10.3. The summed E-state index contributed by atoms with van der Waals surface area (Å²) in [5.41, 5.74) is 6.09. The minimum atomic E-state index is -0.178. The first-order chi connectivity index (χ1) is 20.5. The van der Waals surface area contributed by atoms with E-state index in [1.807, 2.05) is 66.7 Å². The van der Waals surface area contributed by atoms with Crippen LogP contribution in [-0.2, 0) is 6.54 Å². The third kappa shape index (κ3) is 6.42. The normalized spacial score (nSPS) is 12.5. The fourth-order valence-corrected chi connectivity index (χ4v) is 5.18. The highest BCUT2D eigenvalue weighted by atomic mass is 16.3. The Morgan fingerprint density at radius 2 is 1.71 bits per heavy atom. The van der Waals surface area contributed by atoms with Crippen molar-refractivity contribution < 1.29 is 9.90 Å². The van der Waals surface area contributed by atoms with Gasteiger partial charge in [0.2, 0.25) is 0 Å². The lowest BCUT2D eigenvalue weighted by molar-refractivity contribution is 0.0935. The topological polar surface area (TPSA) is 93.6 Å². The molecule has 0 saturated carbocycles. The van der Waals surface area contributed by atoms with Crippen molar-refractivity contribution in [3.8, 4) is 5.88 Å². The molecule has 0 aliphatic rings. The maximum absolute atomic E-state index is 13.4. The summed E-state index contributed by atoms with van der Waals surface area (Å²) in [6.45, 7) is 9.24. The predicted octanol–water partition coefficient (Wildman–Crippen LogP) is 7.16. The number of pyridine rings is 1. The van der Waals surface area contributed by atoms with Gasteiger partial charge in [-0.1, -0.05) is 63.2 Å². The summed E-state index contributed by atoms with van der Waals surface area (Å²) in [7, 11) is 0. The first kappa shape index (κ1) is 28.8. The standard InChI is InChI=1S/C35H37N5O2/c1-4-30(25-11-8-7-9-12-25)38-34(41)26-16-19-31-29(21-26)32(35(42)39-31)33(27-13-10-20-36-22-27)37-28-17-14-24(15-18-28)23-40(5-2)6-3/h7-22,30,39,42H,4-6,23H2,1-3H3,(H,38,41). The highest BCUT2D eigenvalue weighted by Crippen LogP contribution is 2.32. The zero-order valence-corrected chi connectivity index (χ0v) is 24.3. The maximum Gasteiger partial charge on any atom is 0.251 e. The van der Waals surface area contributed by atoms with Crippen LogP contribution in [0.3, 0.4) is 0 Å². The number of fused-ring (bicyclic) bond motifs is 1. The number of nitrogens with one attached hydrogen (secondary N) is 2. The summed E-state index contributed by atoms with van der Waals surface area (Å²) in [5, 5.41) is 15.0. The van der Waals surface area contributed by atoms with Crippen molar-refractivity contribution in [2.75, 3.05) is 13.1 Å². The third-order valence-electron chi connectivity index (χ3n) is 7.61. The zero-order valence-electron chi connectivity index (χ0n) is 24.3. The third-order valence-corrected chi connectivity index (χ3v) is 7.61. The number of amides is 1. The summed E-state index contributed by atoms with van der Waals surface area (Å²) in [5.74, 6) is -0.193. The molecule has 5 rings (SSSR count). The quantitative estimate of drug-likeness (QED) is 0.150.